The summed E-state index contributed by atoms with van der Waals surface area (Å²) in [6.07, 6.45) is -3.96. The van der Waals surface area contributed by atoms with E-state index in [1.807, 2.05) is 26.1 Å². The first-order chi connectivity index (χ1) is 13.1. The molecule has 1 fully saturated rings. The lowest BCUT2D eigenvalue weighted by Gasteiger charge is -2.36. The van der Waals surface area contributed by atoms with Gasteiger partial charge in [0.2, 0.25) is 0 Å². The Morgan fingerprint density at radius 2 is 1.86 bits per heavy atom. The Morgan fingerprint density at radius 1 is 1.11 bits per heavy atom. The van der Waals surface area contributed by atoms with Crippen LogP contribution in [-0.2, 0) is 16.2 Å². The minimum atomic E-state index is -4.60. The molecule has 2 aromatic rings. The minimum absolute atomic E-state index is 0.00854. The number of sulfonamides is 1. The van der Waals surface area contributed by atoms with Crippen LogP contribution in [0, 0.1) is 6.92 Å². The van der Waals surface area contributed by atoms with Crippen molar-refractivity contribution >= 4 is 15.7 Å². The summed E-state index contributed by atoms with van der Waals surface area (Å²) in [5.74, 6) is 0.00854. The van der Waals surface area contributed by atoms with Gasteiger partial charge in [-0.1, -0.05) is 23.8 Å². The van der Waals surface area contributed by atoms with Crippen LogP contribution < -0.4 is 4.31 Å². The summed E-state index contributed by atoms with van der Waals surface area (Å²) >= 11 is 0. The van der Waals surface area contributed by atoms with Crippen LogP contribution in [-0.4, -0.2) is 39.5 Å². The van der Waals surface area contributed by atoms with Crippen molar-refractivity contribution < 1.29 is 21.6 Å². The molecule has 2 aromatic carbocycles. The van der Waals surface area contributed by atoms with Crippen LogP contribution in [0.3, 0.4) is 0 Å². The van der Waals surface area contributed by atoms with Gasteiger partial charge in [0.25, 0.3) is 10.0 Å². The number of benzene rings is 2. The number of hydrogen-bond donors (Lipinski definition) is 0. The molecule has 0 unspecified atom stereocenters. The highest BCUT2D eigenvalue weighted by atomic mass is 32.2. The first kappa shape index (κ1) is 19.3. The van der Waals surface area contributed by atoms with Crippen molar-refractivity contribution in [2.24, 2.45) is 0 Å². The number of fused-ring (bicyclic) bond motifs is 3. The molecule has 2 aliphatic heterocycles. The summed E-state index contributed by atoms with van der Waals surface area (Å²) in [7, 11) is -2.13. The number of aryl methyl sites for hydroxylation is 1. The van der Waals surface area contributed by atoms with Gasteiger partial charge in [-0.15, -0.1) is 0 Å². The lowest BCUT2D eigenvalue weighted by Crippen LogP contribution is -2.47. The normalized spacial score (nSPS) is 22.8. The van der Waals surface area contributed by atoms with E-state index >= 15 is 0 Å². The minimum Gasteiger partial charge on any atom is -0.306 e. The molecule has 2 heterocycles. The third-order valence-corrected chi connectivity index (χ3v) is 7.45. The van der Waals surface area contributed by atoms with Gasteiger partial charge in [0.05, 0.1) is 22.2 Å². The van der Waals surface area contributed by atoms with Gasteiger partial charge in [-0.25, -0.2) is 8.42 Å². The van der Waals surface area contributed by atoms with Gasteiger partial charge in [0.15, 0.2) is 0 Å². The zero-order valence-electron chi connectivity index (χ0n) is 15.6. The molecule has 0 spiro atoms. The molecule has 0 saturated carbocycles. The highest BCUT2D eigenvalue weighted by molar-refractivity contribution is 7.92. The number of halogens is 3. The predicted octanol–water partition coefficient (Wildman–Crippen LogP) is 4.01. The highest BCUT2D eigenvalue weighted by Crippen LogP contribution is 2.47. The summed E-state index contributed by atoms with van der Waals surface area (Å²) in [5, 5.41) is 0. The lowest BCUT2D eigenvalue weighted by molar-refractivity contribution is -0.137. The first-order valence-electron chi connectivity index (χ1n) is 9.10. The molecule has 28 heavy (non-hydrogen) atoms. The largest absolute Gasteiger partial charge is 0.416 e. The molecule has 4 rings (SSSR count). The average molecular weight is 410 g/mol. The zero-order valence-corrected chi connectivity index (χ0v) is 16.4. The highest BCUT2D eigenvalue weighted by Gasteiger charge is 2.47. The van der Waals surface area contributed by atoms with E-state index in [1.165, 1.54) is 10.4 Å². The second-order valence-corrected chi connectivity index (χ2v) is 9.43. The number of nitrogens with zero attached hydrogens (tertiary/aromatic N) is 2. The molecular weight excluding hydrogens is 389 g/mol. The number of rotatable bonds is 2. The molecule has 150 valence electrons. The maximum absolute atomic E-state index is 13.4. The number of piperidine rings is 1. The summed E-state index contributed by atoms with van der Waals surface area (Å²) < 4.78 is 67.6. The van der Waals surface area contributed by atoms with Crippen molar-refractivity contribution in [3.8, 4) is 0 Å². The molecule has 4 nitrogen and oxygen atoms in total. The lowest BCUT2D eigenvalue weighted by atomic mass is 9.89. The zero-order chi connectivity index (χ0) is 20.3. The second kappa shape index (κ2) is 6.49. The van der Waals surface area contributed by atoms with Gasteiger partial charge in [-0.3, -0.25) is 4.31 Å². The fourth-order valence-electron chi connectivity index (χ4n) is 4.29. The summed E-state index contributed by atoms with van der Waals surface area (Å²) in [6, 6.07) is 9.32. The number of alkyl halides is 3. The molecule has 0 aliphatic carbocycles. The van der Waals surface area contributed by atoms with Gasteiger partial charge in [-0.05, 0) is 56.8 Å². The molecule has 1 saturated heterocycles. The SMILES string of the molecule is Cc1ccc2c(c1)[C@H]1CN(C)CC[C@@H]1N2S(=O)(=O)c1cccc(C(F)(F)F)c1. The van der Waals surface area contributed by atoms with E-state index in [0.717, 1.165) is 42.4 Å². The van der Waals surface area contributed by atoms with Crippen LogP contribution in [0.25, 0.3) is 0 Å². The monoisotopic (exact) mass is 410 g/mol. The molecule has 8 heteroatoms. The first-order valence-corrected chi connectivity index (χ1v) is 10.5. The van der Waals surface area contributed by atoms with E-state index in [-0.39, 0.29) is 16.9 Å². The van der Waals surface area contributed by atoms with Gasteiger partial charge >= 0.3 is 6.18 Å². The molecule has 2 atom stereocenters. The van der Waals surface area contributed by atoms with Gasteiger partial charge in [-0.2, -0.15) is 13.2 Å². The van der Waals surface area contributed by atoms with Crippen molar-refractivity contribution in [3.05, 3.63) is 59.2 Å². The van der Waals surface area contributed by atoms with E-state index in [2.05, 4.69) is 4.90 Å². The third-order valence-electron chi connectivity index (χ3n) is 5.62. The standard InChI is InChI=1S/C20H21F3N2O2S/c1-13-6-7-18-16(10-13)17-12-24(2)9-8-19(17)25(18)28(26,27)15-5-3-4-14(11-15)20(21,22)23/h3-7,10-11,17,19H,8-9,12H2,1-2H3/t17-,19+/m1/s1. The molecule has 0 amide bonds. The Labute approximate surface area is 162 Å². The molecule has 0 N–H and O–H groups in total. The van der Waals surface area contributed by atoms with Gasteiger partial charge in [0, 0.05) is 12.5 Å². The smallest absolute Gasteiger partial charge is 0.306 e. The number of hydrogen-bond acceptors (Lipinski definition) is 3. The van der Waals surface area contributed by atoms with E-state index in [1.54, 1.807) is 6.07 Å². The maximum Gasteiger partial charge on any atom is 0.416 e. The molecule has 0 radical (unpaired) electrons. The van der Waals surface area contributed by atoms with E-state index in [4.69, 9.17) is 0 Å². The van der Waals surface area contributed by atoms with Crippen molar-refractivity contribution in [1.82, 2.24) is 4.90 Å². The number of likely N-dealkylation sites (N-methyl/N-ethyl adjacent to an activating group) is 1. The second-order valence-electron chi connectivity index (χ2n) is 7.61. The van der Waals surface area contributed by atoms with Gasteiger partial charge in [0.1, 0.15) is 0 Å². The quantitative estimate of drug-likeness (QED) is 0.751. The van der Waals surface area contributed by atoms with Crippen LogP contribution in [0.15, 0.2) is 47.4 Å². The molecule has 0 aromatic heterocycles. The average Bonchev–Trinajstić information content (AvgIpc) is 2.95. The van der Waals surface area contributed by atoms with Crippen LogP contribution in [0.2, 0.25) is 0 Å². The topological polar surface area (TPSA) is 40.6 Å². The van der Waals surface area contributed by atoms with Crippen LogP contribution >= 0.6 is 0 Å². The van der Waals surface area contributed by atoms with Crippen molar-refractivity contribution in [1.29, 1.82) is 0 Å². The number of likely N-dealkylation sites (tertiary alicyclic amines) is 1. The van der Waals surface area contributed by atoms with E-state index < -0.39 is 21.8 Å². The predicted molar refractivity (Wildman–Crippen MR) is 101 cm³/mol. The fourth-order valence-corrected chi connectivity index (χ4v) is 6.08. The van der Waals surface area contributed by atoms with Gasteiger partial charge < -0.3 is 4.90 Å². The Balaban J connectivity index is 1.84. The fraction of sp³-hybridized carbons (Fsp3) is 0.400. The van der Waals surface area contributed by atoms with Crippen LogP contribution in [0.4, 0.5) is 18.9 Å². The Hall–Kier alpha value is -2.06. The third kappa shape index (κ3) is 3.08. The van der Waals surface area contributed by atoms with Crippen molar-refractivity contribution in [2.75, 3.05) is 24.4 Å². The molecule has 2 aliphatic rings. The van der Waals surface area contributed by atoms with Crippen molar-refractivity contribution in [2.45, 2.75) is 36.4 Å². The Kier molecular flexibility index (Phi) is 4.46. The summed E-state index contributed by atoms with van der Waals surface area (Å²) in [5.41, 5.74) is 1.60. The maximum atomic E-state index is 13.4. The summed E-state index contributed by atoms with van der Waals surface area (Å²) in [6.45, 7) is 3.41. The number of anilines is 1. The van der Waals surface area contributed by atoms with Crippen molar-refractivity contribution in [3.63, 3.8) is 0 Å². The molecule has 0 bridgehead atoms. The van der Waals surface area contributed by atoms with E-state index in [0.29, 0.717) is 12.1 Å². The van der Waals surface area contributed by atoms with Crippen LogP contribution in [0.1, 0.15) is 29.0 Å². The molecular formula is C20H21F3N2O2S. The van der Waals surface area contributed by atoms with Crippen LogP contribution in [0.5, 0.6) is 0 Å². The van der Waals surface area contributed by atoms with E-state index in [9.17, 15) is 21.6 Å². The summed E-state index contributed by atoms with van der Waals surface area (Å²) in [4.78, 5) is 1.83. The Morgan fingerprint density at radius 3 is 2.57 bits per heavy atom. The Bertz CT molecular complexity index is 1020.